The van der Waals surface area contributed by atoms with E-state index in [0.29, 0.717) is 43.0 Å². The van der Waals surface area contributed by atoms with E-state index in [-0.39, 0.29) is 23.4 Å². The van der Waals surface area contributed by atoms with Crippen LogP contribution in [-0.4, -0.2) is 33.4 Å². The molecule has 3 aromatic rings. The molecule has 1 heterocycles. The maximum Gasteiger partial charge on any atom is 0.276 e. The minimum absolute atomic E-state index is 0.0307. The minimum Gasteiger partial charge on any atom is -0.330 e. The summed E-state index contributed by atoms with van der Waals surface area (Å²) in [7, 11) is 0. The molecule has 0 aliphatic heterocycles. The van der Waals surface area contributed by atoms with Gasteiger partial charge in [-0.2, -0.15) is 4.98 Å². The van der Waals surface area contributed by atoms with Gasteiger partial charge in [0.1, 0.15) is 5.82 Å². The van der Waals surface area contributed by atoms with Gasteiger partial charge in [-0.25, -0.2) is 0 Å². The van der Waals surface area contributed by atoms with Crippen molar-refractivity contribution in [3.05, 3.63) is 98.7 Å². The van der Waals surface area contributed by atoms with E-state index in [9.17, 15) is 9.59 Å². The largest absolute Gasteiger partial charge is 0.330 e. The molecule has 0 aliphatic rings. The normalized spacial score (nSPS) is 12.1. The number of aromatic nitrogens is 2. The third-order valence-electron chi connectivity index (χ3n) is 6.34. The number of benzene rings is 2. The quantitative estimate of drug-likeness (QED) is 0.513. The molecule has 0 bridgehead atoms. The summed E-state index contributed by atoms with van der Waals surface area (Å²) in [6.07, 6.45) is 0.661. The molecule has 3 rings (SSSR count). The van der Waals surface area contributed by atoms with E-state index in [2.05, 4.69) is 35.5 Å². The summed E-state index contributed by atoms with van der Waals surface area (Å²) >= 11 is 0. The maximum atomic E-state index is 13.8. The van der Waals surface area contributed by atoms with Gasteiger partial charge in [0.05, 0.1) is 6.04 Å². The number of aryl methyl sites for hydroxylation is 1. The van der Waals surface area contributed by atoms with E-state index >= 15 is 0 Å². The fourth-order valence-corrected chi connectivity index (χ4v) is 4.26. The molecule has 0 saturated carbocycles. The lowest BCUT2D eigenvalue weighted by atomic mass is 9.98. The van der Waals surface area contributed by atoms with E-state index in [1.807, 2.05) is 68.1 Å². The summed E-state index contributed by atoms with van der Waals surface area (Å²) in [5, 5.41) is 0. The SMILES string of the molecule is Cc1ccc(C(=O)N(CCCN)C(c2nc(=O)c(C)c(C)n2Cc2ccccc2)C(C)C)cc1. The Kier molecular flexibility index (Phi) is 8.40. The van der Waals surface area contributed by atoms with Crippen LogP contribution in [-0.2, 0) is 6.54 Å². The van der Waals surface area contributed by atoms with Crippen LogP contribution in [0.4, 0.5) is 0 Å². The number of amides is 1. The number of carbonyl (C=O) groups is 1. The second-order valence-corrected chi connectivity index (χ2v) is 9.25. The standard InChI is InChI=1S/C28H36N4O2/c1-19(2)25(31(17-9-16-29)28(34)24-14-12-20(3)13-15-24)26-30-27(33)21(4)22(5)32(26)18-23-10-7-6-8-11-23/h6-8,10-15,19,25H,9,16-18,29H2,1-5H3. The number of carbonyl (C=O) groups excluding carboxylic acids is 1. The Balaban J connectivity index is 2.17. The summed E-state index contributed by atoms with van der Waals surface area (Å²) in [5.41, 5.74) is 9.91. The third kappa shape index (κ3) is 5.62. The zero-order valence-electron chi connectivity index (χ0n) is 20.9. The number of nitrogens with zero attached hydrogens (tertiary/aromatic N) is 3. The summed E-state index contributed by atoms with van der Waals surface area (Å²) < 4.78 is 2.09. The van der Waals surface area contributed by atoms with Gasteiger partial charge in [-0.15, -0.1) is 0 Å². The van der Waals surface area contributed by atoms with Crippen LogP contribution in [0.3, 0.4) is 0 Å². The topological polar surface area (TPSA) is 81.2 Å². The van der Waals surface area contributed by atoms with E-state index in [1.165, 1.54) is 0 Å². The number of nitrogens with two attached hydrogens (primary N) is 1. The van der Waals surface area contributed by atoms with Gasteiger partial charge in [-0.1, -0.05) is 61.9 Å². The Bertz CT molecular complexity index is 1170. The first-order valence-electron chi connectivity index (χ1n) is 11.9. The monoisotopic (exact) mass is 460 g/mol. The molecule has 2 N–H and O–H groups in total. The van der Waals surface area contributed by atoms with Crippen LogP contribution in [0.25, 0.3) is 0 Å². The number of hydrogen-bond donors (Lipinski definition) is 1. The van der Waals surface area contributed by atoms with Gasteiger partial charge in [0.2, 0.25) is 0 Å². The van der Waals surface area contributed by atoms with Crippen LogP contribution >= 0.6 is 0 Å². The Labute approximate surface area is 202 Å². The molecule has 0 saturated heterocycles. The van der Waals surface area contributed by atoms with Gasteiger partial charge in [-0.3, -0.25) is 9.59 Å². The average molecular weight is 461 g/mol. The summed E-state index contributed by atoms with van der Waals surface area (Å²) in [4.78, 5) is 33.0. The molecule has 34 heavy (non-hydrogen) atoms. The molecule has 1 amide bonds. The minimum atomic E-state index is -0.379. The first kappa shape index (κ1) is 25.4. The lowest BCUT2D eigenvalue weighted by molar-refractivity contribution is 0.0601. The van der Waals surface area contributed by atoms with Crippen LogP contribution in [0.2, 0.25) is 0 Å². The van der Waals surface area contributed by atoms with Crippen molar-refractivity contribution in [2.45, 2.75) is 53.6 Å². The molecule has 2 aromatic carbocycles. The highest BCUT2D eigenvalue weighted by Gasteiger charge is 2.32. The Morgan fingerprint density at radius 3 is 2.26 bits per heavy atom. The highest BCUT2D eigenvalue weighted by Crippen LogP contribution is 2.30. The Morgan fingerprint density at radius 1 is 1.03 bits per heavy atom. The van der Waals surface area contributed by atoms with Crippen molar-refractivity contribution in [1.29, 1.82) is 0 Å². The molecule has 1 aromatic heterocycles. The van der Waals surface area contributed by atoms with E-state index < -0.39 is 0 Å². The van der Waals surface area contributed by atoms with Crippen molar-refractivity contribution >= 4 is 5.91 Å². The zero-order chi connectivity index (χ0) is 24.8. The van der Waals surface area contributed by atoms with E-state index in [0.717, 1.165) is 16.8 Å². The van der Waals surface area contributed by atoms with E-state index in [1.54, 1.807) is 0 Å². The van der Waals surface area contributed by atoms with Crippen molar-refractivity contribution < 1.29 is 4.79 Å². The summed E-state index contributed by atoms with van der Waals surface area (Å²) in [6, 6.07) is 17.3. The molecule has 1 atom stereocenters. The molecule has 0 aliphatic carbocycles. The van der Waals surface area contributed by atoms with Crippen LogP contribution in [0.5, 0.6) is 0 Å². The van der Waals surface area contributed by atoms with Gasteiger partial charge >= 0.3 is 0 Å². The van der Waals surface area contributed by atoms with Crippen LogP contribution < -0.4 is 11.3 Å². The van der Waals surface area contributed by atoms with Crippen molar-refractivity contribution in [2.75, 3.05) is 13.1 Å². The van der Waals surface area contributed by atoms with Crippen LogP contribution in [0, 0.1) is 26.7 Å². The molecule has 0 spiro atoms. The smallest absolute Gasteiger partial charge is 0.276 e. The van der Waals surface area contributed by atoms with Crippen molar-refractivity contribution in [1.82, 2.24) is 14.5 Å². The highest BCUT2D eigenvalue weighted by atomic mass is 16.2. The lowest BCUT2D eigenvalue weighted by Crippen LogP contribution is -2.42. The predicted octanol–water partition coefficient (Wildman–Crippen LogP) is 4.41. The maximum absolute atomic E-state index is 13.8. The van der Waals surface area contributed by atoms with Gasteiger partial charge in [0.15, 0.2) is 0 Å². The molecule has 0 radical (unpaired) electrons. The Hall–Kier alpha value is -3.25. The molecule has 1 unspecified atom stereocenters. The van der Waals surface area contributed by atoms with Gasteiger partial charge in [0.25, 0.3) is 11.5 Å². The predicted molar refractivity (Wildman–Crippen MR) is 137 cm³/mol. The lowest BCUT2D eigenvalue weighted by Gasteiger charge is -2.36. The zero-order valence-corrected chi connectivity index (χ0v) is 20.9. The molecular formula is C28H36N4O2. The second-order valence-electron chi connectivity index (χ2n) is 9.25. The molecule has 6 heteroatoms. The molecule has 180 valence electrons. The Morgan fingerprint density at radius 2 is 1.68 bits per heavy atom. The van der Waals surface area contributed by atoms with Crippen LogP contribution in [0.15, 0.2) is 59.4 Å². The molecule has 6 nitrogen and oxygen atoms in total. The van der Waals surface area contributed by atoms with Gasteiger partial charge < -0.3 is 15.2 Å². The third-order valence-corrected chi connectivity index (χ3v) is 6.34. The highest BCUT2D eigenvalue weighted by molar-refractivity contribution is 5.94. The first-order chi connectivity index (χ1) is 16.2. The fraction of sp³-hybridized carbons (Fsp3) is 0.393. The van der Waals surface area contributed by atoms with Gasteiger partial charge in [-0.05, 0) is 57.4 Å². The first-order valence-corrected chi connectivity index (χ1v) is 11.9. The van der Waals surface area contributed by atoms with Crippen molar-refractivity contribution in [3.8, 4) is 0 Å². The summed E-state index contributed by atoms with van der Waals surface area (Å²) in [6.45, 7) is 11.4. The number of rotatable bonds is 9. The van der Waals surface area contributed by atoms with Crippen molar-refractivity contribution in [3.63, 3.8) is 0 Å². The molecular weight excluding hydrogens is 424 g/mol. The number of hydrogen-bond acceptors (Lipinski definition) is 4. The second kappa shape index (κ2) is 11.3. The van der Waals surface area contributed by atoms with Crippen LogP contribution in [0.1, 0.15) is 64.9 Å². The summed E-state index contributed by atoms with van der Waals surface area (Å²) in [5.74, 6) is 0.568. The van der Waals surface area contributed by atoms with Gasteiger partial charge in [0, 0.05) is 29.9 Å². The fourth-order valence-electron chi connectivity index (χ4n) is 4.26. The molecule has 0 fully saturated rings. The van der Waals surface area contributed by atoms with Crippen molar-refractivity contribution in [2.24, 2.45) is 11.7 Å². The average Bonchev–Trinajstić information content (AvgIpc) is 2.82. The van der Waals surface area contributed by atoms with E-state index in [4.69, 9.17) is 5.73 Å².